The van der Waals surface area contributed by atoms with Gasteiger partial charge in [-0.25, -0.2) is 0 Å². The van der Waals surface area contributed by atoms with Crippen LogP contribution in [-0.2, 0) is 68.7 Å². The Hall–Kier alpha value is -10.1. The Balaban J connectivity index is 3.22. The largest absolute Gasteiger partial charge is 0.508 e. The number of nitrogens with two attached hydrogens (primary N) is 8. The van der Waals surface area contributed by atoms with Crippen molar-refractivity contribution < 1.29 is 72.5 Å². The molecule has 0 fully saturated rings. The predicted octanol–water partition coefficient (Wildman–Crippen LogP) is -8.75. The molecule has 37 heteroatoms. The van der Waals surface area contributed by atoms with Crippen molar-refractivity contribution in [3.05, 3.63) is 29.8 Å². The highest BCUT2D eigenvalue weighted by molar-refractivity contribution is 5.99. The first-order valence-corrected chi connectivity index (χ1v) is 28.6. The Kier molecular flexibility index (Phi) is 34.3. The number of carboxylic acid groups (broad SMARTS) is 1. The van der Waals surface area contributed by atoms with Crippen LogP contribution < -0.4 is 104 Å². The minimum absolute atomic E-state index is 0.0260. The lowest BCUT2D eigenvalue weighted by Gasteiger charge is -2.26. The van der Waals surface area contributed by atoms with Gasteiger partial charge in [0.05, 0.1) is 6.04 Å². The fraction of sp³-hybridized carbons (Fsp3) is 0.585. The summed E-state index contributed by atoms with van der Waals surface area (Å²) in [5.74, 6) is -12.8. The molecule has 0 heterocycles. The third-order valence-electron chi connectivity index (χ3n) is 13.0. The number of hydrogen-bond donors (Lipinski definition) is 21. The van der Waals surface area contributed by atoms with Crippen molar-refractivity contribution >= 4 is 94.7 Å². The van der Waals surface area contributed by atoms with Crippen molar-refractivity contribution in [1.29, 1.82) is 0 Å². The Bertz CT molecular complexity index is 2750. The number of amides is 12. The molecule has 0 spiro atoms. The van der Waals surface area contributed by atoms with Crippen LogP contribution in [0.25, 0.3) is 0 Å². The van der Waals surface area contributed by atoms with E-state index in [1.807, 2.05) is 0 Å². The Morgan fingerprint density at radius 3 is 0.956 bits per heavy atom. The van der Waals surface area contributed by atoms with Crippen molar-refractivity contribution in [3.8, 4) is 5.75 Å². The maximum atomic E-state index is 14.0. The highest BCUT2D eigenvalue weighted by Crippen LogP contribution is 2.13. The van der Waals surface area contributed by atoms with E-state index >= 15 is 0 Å². The van der Waals surface area contributed by atoms with Gasteiger partial charge in [-0.05, 0) is 111 Å². The van der Waals surface area contributed by atoms with E-state index in [1.54, 1.807) is 0 Å². The molecule has 0 aromatic heterocycles. The van der Waals surface area contributed by atoms with Crippen LogP contribution in [-0.4, -0.2) is 197 Å². The first kappa shape index (κ1) is 77.9. The van der Waals surface area contributed by atoms with Crippen molar-refractivity contribution in [2.45, 2.75) is 179 Å². The molecule has 1 aromatic rings. The highest BCUT2D eigenvalue weighted by Gasteiger charge is 2.34. The second kappa shape index (κ2) is 39.6. The van der Waals surface area contributed by atoms with Crippen LogP contribution >= 0.6 is 0 Å². The van der Waals surface area contributed by atoms with Gasteiger partial charge >= 0.3 is 5.97 Å². The molecule has 12 atom stereocenters. The van der Waals surface area contributed by atoms with E-state index < -0.39 is 162 Å². The fourth-order valence-corrected chi connectivity index (χ4v) is 7.74. The molecule has 0 aliphatic rings. The molecule has 90 heavy (non-hydrogen) atoms. The van der Waals surface area contributed by atoms with Crippen LogP contribution in [0.4, 0.5) is 0 Å². The second-order valence-corrected chi connectivity index (χ2v) is 21.0. The van der Waals surface area contributed by atoms with Crippen LogP contribution in [0.2, 0.25) is 0 Å². The third kappa shape index (κ3) is 31.0. The van der Waals surface area contributed by atoms with Gasteiger partial charge in [-0.1, -0.05) is 12.1 Å². The standard InChI is InChI=1S/C53H90N22O15/c1-24(54)39(78)75-37(23-31-14-16-32(76)17-15-31)49(88)69-29(6)44(83)71-33(11-8-20-62-51(56)57)45(84)67-26(3)41(80)65-25(2)40(79)66-27(4)42(81)73-35(13-10-22-64-53(60)61)48(87)74-36(18-19-38(55)77)47(86)68-28(5)43(82)72-34(12-9-21-63-52(58)59)46(85)70-30(7)50(89)90/h14-17,24-30,33-37,76H,8-13,18-23,54H2,1-7H3,(H2,55,77)(H,65,80)(H,66,79)(H,67,84)(H,68,86)(H,69,88)(H,70,85)(H,71,83)(H,72,82)(H,73,81)(H,74,87)(H,75,78)(H,89,90)(H4,56,57,62)(H4,58,59,63)(H4,60,61,64)/t24-,25-,26-,27-,28-,29-,30-,33-,34-,35-,36-,37-/m0/s1. The summed E-state index contributed by atoms with van der Waals surface area (Å²) in [5, 5.41) is 45.8. The third-order valence-corrected chi connectivity index (χ3v) is 13.0. The number of nitrogens with one attached hydrogen (secondary N) is 11. The zero-order valence-corrected chi connectivity index (χ0v) is 51.4. The van der Waals surface area contributed by atoms with Crippen LogP contribution in [0.1, 0.15) is 105 Å². The van der Waals surface area contributed by atoms with E-state index in [-0.39, 0.29) is 88.2 Å². The number of benzene rings is 1. The normalized spacial score (nSPS) is 14.8. The second-order valence-electron chi connectivity index (χ2n) is 21.0. The maximum absolute atomic E-state index is 14.0. The van der Waals surface area contributed by atoms with E-state index in [2.05, 4.69) is 73.5 Å². The summed E-state index contributed by atoms with van der Waals surface area (Å²) < 4.78 is 0. The van der Waals surface area contributed by atoms with Gasteiger partial charge in [0.1, 0.15) is 72.2 Å². The number of guanidine groups is 3. The number of aliphatic carboxylic acids is 1. The number of aromatic hydroxyl groups is 1. The summed E-state index contributed by atoms with van der Waals surface area (Å²) in [5.41, 5.74) is 44.1. The van der Waals surface area contributed by atoms with Crippen LogP contribution in [0.3, 0.4) is 0 Å². The van der Waals surface area contributed by atoms with Gasteiger partial charge in [0.2, 0.25) is 70.9 Å². The fourth-order valence-electron chi connectivity index (χ4n) is 7.74. The number of carboxylic acids is 1. The Labute approximate surface area is 519 Å². The number of phenolic OH excluding ortho intramolecular Hbond substituents is 1. The SMILES string of the molecule is C[C@H](N)C(=O)N[C@@H](Cc1ccc(O)cc1)C(=O)N[C@@H](C)C(=O)N[C@@H](CCCN=C(N)N)C(=O)N[C@@H](C)C(=O)N[C@@H](C)C(=O)N[C@@H](C)C(=O)N[C@@H](CCCN=C(N)N)C(=O)N[C@@H](CCC(N)=O)C(=O)N[C@@H](C)C(=O)N[C@@H](CCCN=C(N)N)C(=O)N[C@@H](C)C(=O)O. The number of phenols is 1. The average molecular weight is 1280 g/mol. The quantitative estimate of drug-likeness (QED) is 0.0165. The van der Waals surface area contributed by atoms with Crippen LogP contribution in [0.15, 0.2) is 39.2 Å². The van der Waals surface area contributed by atoms with Gasteiger partial charge in [0.25, 0.3) is 0 Å². The predicted molar refractivity (Wildman–Crippen MR) is 327 cm³/mol. The highest BCUT2D eigenvalue weighted by atomic mass is 16.4. The van der Waals surface area contributed by atoms with Gasteiger partial charge in [0, 0.05) is 32.5 Å². The smallest absolute Gasteiger partial charge is 0.325 e. The molecule has 0 bridgehead atoms. The van der Waals surface area contributed by atoms with E-state index in [0.29, 0.717) is 5.56 Å². The molecule has 0 saturated heterocycles. The molecule has 0 unspecified atom stereocenters. The van der Waals surface area contributed by atoms with Gasteiger partial charge in [-0.2, -0.15) is 0 Å². The number of hydrogen-bond acceptors (Lipinski definition) is 18. The monoisotopic (exact) mass is 1270 g/mol. The van der Waals surface area contributed by atoms with Gasteiger partial charge < -0.3 is 115 Å². The molecule has 1 rings (SSSR count). The van der Waals surface area contributed by atoms with E-state index in [1.165, 1.54) is 72.7 Å². The molecule has 37 nitrogen and oxygen atoms in total. The van der Waals surface area contributed by atoms with Crippen molar-refractivity contribution in [1.82, 2.24) is 58.5 Å². The minimum atomic E-state index is -1.59. The molecule has 0 aliphatic carbocycles. The number of primary amides is 1. The number of carbonyl (C=O) groups is 13. The summed E-state index contributed by atoms with van der Waals surface area (Å²) in [4.78, 5) is 183. The molecule has 0 saturated carbocycles. The summed E-state index contributed by atoms with van der Waals surface area (Å²) in [6, 6.07) is -10.4. The molecule has 0 aliphatic heterocycles. The summed E-state index contributed by atoms with van der Waals surface area (Å²) in [7, 11) is 0. The molecule has 502 valence electrons. The van der Waals surface area contributed by atoms with Gasteiger partial charge in [0.15, 0.2) is 17.9 Å². The molecule has 1 aromatic carbocycles. The maximum Gasteiger partial charge on any atom is 0.325 e. The van der Waals surface area contributed by atoms with Crippen molar-refractivity contribution in [2.24, 2.45) is 60.8 Å². The van der Waals surface area contributed by atoms with Crippen molar-refractivity contribution in [2.75, 3.05) is 19.6 Å². The first-order chi connectivity index (χ1) is 42.0. The molecule has 12 amide bonds. The first-order valence-electron chi connectivity index (χ1n) is 28.6. The molecular formula is C53H90N22O15. The molecule has 29 N–H and O–H groups in total. The number of aliphatic imine (C=N–C) groups is 3. The summed E-state index contributed by atoms with van der Waals surface area (Å²) in [6.45, 7) is 8.93. The number of carbonyl (C=O) groups excluding carboxylic acids is 12. The summed E-state index contributed by atoms with van der Waals surface area (Å²) in [6.07, 6.45) is -0.944. The minimum Gasteiger partial charge on any atom is -0.508 e. The lowest BCUT2D eigenvalue weighted by molar-refractivity contribution is -0.142. The zero-order chi connectivity index (χ0) is 68.5. The zero-order valence-electron chi connectivity index (χ0n) is 51.4. The van der Waals surface area contributed by atoms with Gasteiger partial charge in [-0.15, -0.1) is 0 Å². The Morgan fingerprint density at radius 1 is 0.378 bits per heavy atom. The lowest BCUT2D eigenvalue weighted by atomic mass is 10.0. The Morgan fingerprint density at radius 2 is 0.644 bits per heavy atom. The van der Waals surface area contributed by atoms with Crippen molar-refractivity contribution in [3.63, 3.8) is 0 Å². The van der Waals surface area contributed by atoms with Gasteiger partial charge in [-0.3, -0.25) is 77.3 Å². The number of nitrogens with zero attached hydrogens (tertiary/aromatic N) is 3. The average Bonchev–Trinajstić information content (AvgIpc) is 2.68. The lowest BCUT2D eigenvalue weighted by Crippen LogP contribution is -2.59. The van der Waals surface area contributed by atoms with E-state index in [4.69, 9.17) is 45.9 Å². The van der Waals surface area contributed by atoms with E-state index in [9.17, 15) is 72.5 Å². The van der Waals surface area contributed by atoms with Crippen LogP contribution in [0, 0.1) is 0 Å². The molecule has 0 radical (unpaired) electrons. The summed E-state index contributed by atoms with van der Waals surface area (Å²) >= 11 is 0. The van der Waals surface area contributed by atoms with E-state index in [0.717, 1.165) is 0 Å². The number of rotatable bonds is 40. The topological polar surface area (TPSA) is 640 Å². The van der Waals surface area contributed by atoms with Crippen LogP contribution in [0.5, 0.6) is 5.75 Å². The molecular weight excluding hydrogens is 1180 g/mol.